The summed E-state index contributed by atoms with van der Waals surface area (Å²) in [6, 6.07) is 16.2. The molecule has 0 unspecified atom stereocenters. The van der Waals surface area contributed by atoms with Crippen LogP contribution in [-0.2, 0) is 0 Å². The average molecular weight is 277 g/mol. The van der Waals surface area contributed by atoms with E-state index in [9.17, 15) is 0 Å². The van der Waals surface area contributed by atoms with Crippen molar-refractivity contribution in [2.75, 3.05) is 11.4 Å². The first-order valence-corrected chi connectivity index (χ1v) is 6.05. The van der Waals surface area contributed by atoms with Crippen LogP contribution in [0.15, 0.2) is 53.1 Å². The topological polar surface area (TPSA) is 16.1 Å². The van der Waals surface area contributed by atoms with Crippen LogP contribution in [0, 0.1) is 0 Å². The molecule has 16 heavy (non-hydrogen) atoms. The van der Waals surface area contributed by atoms with Crippen molar-refractivity contribution < 1.29 is 0 Å². The zero-order valence-electron chi connectivity index (χ0n) is 9.10. The molecular formula is C13H13BrN2. The van der Waals surface area contributed by atoms with Gasteiger partial charge in [0.2, 0.25) is 0 Å². The van der Waals surface area contributed by atoms with Crippen LogP contribution in [0.3, 0.4) is 0 Å². The fraction of sp³-hybridized carbons (Fsp3) is 0.154. The molecule has 3 heteroatoms. The van der Waals surface area contributed by atoms with Crippen molar-refractivity contribution in [2.45, 2.75) is 6.92 Å². The molecule has 2 nitrogen and oxygen atoms in total. The molecule has 0 bridgehead atoms. The summed E-state index contributed by atoms with van der Waals surface area (Å²) < 4.78 is 0.861. The second-order valence-corrected chi connectivity index (χ2v) is 4.21. The smallest absolute Gasteiger partial charge is 0.134 e. The lowest BCUT2D eigenvalue weighted by Gasteiger charge is -2.22. The third-order valence-corrected chi connectivity index (χ3v) is 2.80. The van der Waals surface area contributed by atoms with Gasteiger partial charge >= 0.3 is 0 Å². The van der Waals surface area contributed by atoms with Crippen molar-refractivity contribution in [3.05, 3.63) is 53.1 Å². The number of hydrogen-bond donors (Lipinski definition) is 0. The van der Waals surface area contributed by atoms with E-state index < -0.39 is 0 Å². The molecule has 1 heterocycles. The normalized spacial score (nSPS) is 10.1. The van der Waals surface area contributed by atoms with E-state index in [1.165, 1.54) is 0 Å². The van der Waals surface area contributed by atoms with Crippen molar-refractivity contribution in [1.82, 2.24) is 4.98 Å². The van der Waals surface area contributed by atoms with Gasteiger partial charge in [0, 0.05) is 12.2 Å². The van der Waals surface area contributed by atoms with Crippen molar-refractivity contribution in [3.8, 4) is 0 Å². The van der Waals surface area contributed by atoms with Gasteiger partial charge in [-0.3, -0.25) is 0 Å². The number of nitrogens with zero attached hydrogens (tertiary/aromatic N) is 2. The summed E-state index contributed by atoms with van der Waals surface area (Å²) >= 11 is 3.39. The first-order chi connectivity index (χ1) is 7.81. The van der Waals surface area contributed by atoms with Crippen LogP contribution in [0.5, 0.6) is 0 Å². The van der Waals surface area contributed by atoms with Crippen LogP contribution in [0.4, 0.5) is 11.5 Å². The maximum Gasteiger partial charge on any atom is 0.134 e. The number of anilines is 2. The first-order valence-electron chi connectivity index (χ1n) is 5.26. The Morgan fingerprint density at radius 1 is 1.06 bits per heavy atom. The van der Waals surface area contributed by atoms with Gasteiger partial charge in [-0.15, -0.1) is 0 Å². The Labute approximate surface area is 104 Å². The summed E-state index contributed by atoms with van der Waals surface area (Å²) in [6.07, 6.45) is 0. The van der Waals surface area contributed by atoms with Gasteiger partial charge in [0.25, 0.3) is 0 Å². The van der Waals surface area contributed by atoms with Gasteiger partial charge < -0.3 is 4.90 Å². The Morgan fingerprint density at radius 2 is 1.81 bits per heavy atom. The number of rotatable bonds is 3. The number of para-hydroxylation sites is 1. The summed E-state index contributed by atoms with van der Waals surface area (Å²) in [5, 5.41) is 0. The van der Waals surface area contributed by atoms with E-state index in [1.807, 2.05) is 36.4 Å². The fourth-order valence-corrected chi connectivity index (χ4v) is 1.97. The second-order valence-electron chi connectivity index (χ2n) is 3.40. The molecule has 0 N–H and O–H groups in total. The Balaban J connectivity index is 2.37. The van der Waals surface area contributed by atoms with Gasteiger partial charge in [-0.25, -0.2) is 4.98 Å². The highest BCUT2D eigenvalue weighted by Gasteiger charge is 2.07. The molecule has 0 saturated heterocycles. The Kier molecular flexibility index (Phi) is 3.57. The van der Waals surface area contributed by atoms with Gasteiger partial charge in [0.15, 0.2) is 0 Å². The van der Waals surface area contributed by atoms with Crippen molar-refractivity contribution >= 4 is 27.4 Å². The number of hydrogen-bond acceptors (Lipinski definition) is 2. The van der Waals surface area contributed by atoms with Crippen molar-refractivity contribution in [3.63, 3.8) is 0 Å². The van der Waals surface area contributed by atoms with Crippen LogP contribution in [-0.4, -0.2) is 11.5 Å². The quantitative estimate of drug-likeness (QED) is 0.788. The molecule has 0 aliphatic carbocycles. The molecule has 82 valence electrons. The Bertz CT molecular complexity index is 456. The van der Waals surface area contributed by atoms with Gasteiger partial charge in [-0.1, -0.05) is 24.3 Å². The molecule has 1 aromatic heterocycles. The average Bonchev–Trinajstić information content (AvgIpc) is 2.31. The van der Waals surface area contributed by atoms with E-state index in [0.29, 0.717) is 0 Å². The molecule has 2 aromatic rings. The monoisotopic (exact) mass is 276 g/mol. The van der Waals surface area contributed by atoms with Crippen molar-refractivity contribution in [1.29, 1.82) is 0 Å². The highest BCUT2D eigenvalue weighted by atomic mass is 79.9. The number of benzene rings is 1. The third kappa shape index (κ3) is 2.42. The minimum Gasteiger partial charge on any atom is -0.327 e. The van der Waals surface area contributed by atoms with E-state index in [2.05, 4.69) is 44.9 Å². The lowest BCUT2D eigenvalue weighted by Crippen LogP contribution is -2.17. The van der Waals surface area contributed by atoms with Crippen molar-refractivity contribution in [2.24, 2.45) is 0 Å². The zero-order valence-corrected chi connectivity index (χ0v) is 10.7. The number of aromatic nitrogens is 1. The van der Waals surface area contributed by atoms with E-state index in [0.717, 1.165) is 22.7 Å². The molecule has 0 atom stereocenters. The highest BCUT2D eigenvalue weighted by molar-refractivity contribution is 9.10. The fourth-order valence-electron chi connectivity index (χ4n) is 1.63. The summed E-state index contributed by atoms with van der Waals surface area (Å²) in [5.74, 6) is 0.961. The predicted octanol–water partition coefficient (Wildman–Crippen LogP) is 4.00. The molecule has 0 aliphatic heterocycles. The van der Waals surface area contributed by atoms with Crippen LogP contribution in [0.2, 0.25) is 0 Å². The van der Waals surface area contributed by atoms with Gasteiger partial charge in [-0.05, 0) is 47.1 Å². The summed E-state index contributed by atoms with van der Waals surface area (Å²) in [6.45, 7) is 3.02. The Hall–Kier alpha value is -1.35. The molecule has 0 aliphatic rings. The Morgan fingerprint density at radius 3 is 2.44 bits per heavy atom. The summed E-state index contributed by atoms with van der Waals surface area (Å²) in [7, 11) is 0. The highest BCUT2D eigenvalue weighted by Crippen LogP contribution is 2.23. The lowest BCUT2D eigenvalue weighted by molar-refractivity contribution is 0.985. The summed E-state index contributed by atoms with van der Waals surface area (Å²) in [5.41, 5.74) is 1.16. The second kappa shape index (κ2) is 5.12. The zero-order chi connectivity index (χ0) is 11.4. The van der Waals surface area contributed by atoms with E-state index >= 15 is 0 Å². The first kappa shape index (κ1) is 11.1. The minimum atomic E-state index is 0.861. The van der Waals surface area contributed by atoms with E-state index in [1.54, 1.807) is 0 Å². The lowest BCUT2D eigenvalue weighted by atomic mass is 10.3. The SMILES string of the molecule is CCN(c1ccccc1)c1cccc(Br)n1. The molecule has 2 rings (SSSR count). The van der Waals surface area contributed by atoms with Gasteiger partial charge in [0.1, 0.15) is 10.4 Å². The van der Waals surface area contributed by atoms with E-state index in [4.69, 9.17) is 0 Å². The maximum absolute atomic E-state index is 4.46. The number of halogens is 1. The summed E-state index contributed by atoms with van der Waals surface area (Å²) in [4.78, 5) is 6.63. The molecule has 0 spiro atoms. The molecule has 0 amide bonds. The van der Waals surface area contributed by atoms with Crippen LogP contribution in [0.25, 0.3) is 0 Å². The minimum absolute atomic E-state index is 0.861. The molecule has 0 fully saturated rings. The van der Waals surface area contributed by atoms with Crippen LogP contribution in [0.1, 0.15) is 6.92 Å². The third-order valence-electron chi connectivity index (χ3n) is 2.36. The van der Waals surface area contributed by atoms with Gasteiger partial charge in [-0.2, -0.15) is 0 Å². The molecule has 0 saturated carbocycles. The molecule has 0 radical (unpaired) electrons. The maximum atomic E-state index is 4.46. The largest absolute Gasteiger partial charge is 0.327 e. The van der Waals surface area contributed by atoms with Crippen LogP contribution < -0.4 is 4.90 Å². The predicted molar refractivity (Wildman–Crippen MR) is 71.1 cm³/mol. The van der Waals surface area contributed by atoms with Crippen LogP contribution >= 0.6 is 15.9 Å². The standard InChI is InChI=1S/C13H13BrN2/c1-2-16(11-7-4-3-5-8-11)13-10-6-9-12(14)15-13/h3-10H,2H2,1H3. The molecular weight excluding hydrogens is 264 g/mol. The van der Waals surface area contributed by atoms with E-state index in [-0.39, 0.29) is 0 Å². The van der Waals surface area contributed by atoms with Gasteiger partial charge in [0.05, 0.1) is 0 Å². The molecule has 1 aromatic carbocycles. The number of pyridine rings is 1.